The molecule has 4 atom stereocenters. The number of amides is 2. The van der Waals surface area contributed by atoms with Crippen molar-refractivity contribution in [2.45, 2.75) is 65.9 Å². The SMILES string of the molecule is CCC1=C([C@H](O)CC/C(=C/c2cc(C)c(O)c(C)c2)CC)[C@H](CO)[C@@H]2C(=O)N(c3ccccc3)C(=O)[C@@H]2C1. The van der Waals surface area contributed by atoms with E-state index < -0.39 is 23.9 Å². The molecule has 2 amide bonds. The first-order valence-electron chi connectivity index (χ1n) is 13.6. The molecule has 1 saturated heterocycles. The number of aliphatic hydroxyl groups is 2. The summed E-state index contributed by atoms with van der Waals surface area (Å²) in [6.07, 6.45) is 4.33. The zero-order valence-corrected chi connectivity index (χ0v) is 22.8. The van der Waals surface area contributed by atoms with Crippen LogP contribution in [0.4, 0.5) is 5.69 Å². The number of anilines is 1. The van der Waals surface area contributed by atoms with E-state index in [9.17, 15) is 24.9 Å². The van der Waals surface area contributed by atoms with Gasteiger partial charge < -0.3 is 15.3 Å². The third kappa shape index (κ3) is 5.20. The van der Waals surface area contributed by atoms with Gasteiger partial charge in [-0.25, -0.2) is 0 Å². The van der Waals surface area contributed by atoms with Gasteiger partial charge >= 0.3 is 0 Å². The van der Waals surface area contributed by atoms with Crippen molar-refractivity contribution < 1.29 is 24.9 Å². The van der Waals surface area contributed by atoms with Crippen molar-refractivity contribution in [2.75, 3.05) is 11.5 Å². The summed E-state index contributed by atoms with van der Waals surface area (Å²) in [5.74, 6) is -1.97. The van der Waals surface area contributed by atoms with Gasteiger partial charge in [0.1, 0.15) is 5.75 Å². The number of aliphatic hydroxyl groups excluding tert-OH is 2. The highest BCUT2D eigenvalue weighted by Crippen LogP contribution is 2.48. The van der Waals surface area contributed by atoms with Crippen LogP contribution in [0.1, 0.15) is 62.6 Å². The van der Waals surface area contributed by atoms with Crippen LogP contribution < -0.4 is 4.90 Å². The minimum Gasteiger partial charge on any atom is -0.507 e. The number of carbonyl (C=O) groups excluding carboxylic acids is 2. The van der Waals surface area contributed by atoms with E-state index >= 15 is 0 Å². The van der Waals surface area contributed by atoms with Crippen molar-refractivity contribution in [3.63, 3.8) is 0 Å². The van der Waals surface area contributed by atoms with Crippen LogP contribution in [-0.4, -0.2) is 39.8 Å². The molecular weight excluding hydrogens is 478 g/mol. The van der Waals surface area contributed by atoms with Crippen LogP contribution in [-0.2, 0) is 9.59 Å². The molecule has 0 unspecified atom stereocenters. The number of hydrogen-bond acceptors (Lipinski definition) is 5. The Hall–Kier alpha value is -3.22. The average molecular weight is 518 g/mol. The lowest BCUT2D eigenvalue weighted by atomic mass is 9.67. The zero-order chi connectivity index (χ0) is 27.6. The van der Waals surface area contributed by atoms with Crippen LogP contribution in [0.5, 0.6) is 5.75 Å². The molecule has 2 aromatic rings. The van der Waals surface area contributed by atoms with Crippen LogP contribution >= 0.6 is 0 Å². The predicted molar refractivity (Wildman–Crippen MR) is 150 cm³/mol. The molecule has 0 aromatic heterocycles. The molecule has 1 aliphatic carbocycles. The number of aromatic hydroxyl groups is 1. The number of phenols is 1. The van der Waals surface area contributed by atoms with Gasteiger partial charge in [0.05, 0.1) is 30.2 Å². The quantitative estimate of drug-likeness (QED) is 0.303. The molecule has 1 heterocycles. The number of phenolic OH excluding ortho intramolecular Hbond substituents is 1. The number of imide groups is 1. The summed E-state index contributed by atoms with van der Waals surface area (Å²) in [7, 11) is 0. The Labute approximate surface area is 225 Å². The van der Waals surface area contributed by atoms with Gasteiger partial charge in [0, 0.05) is 5.92 Å². The van der Waals surface area contributed by atoms with Crippen molar-refractivity contribution in [3.05, 3.63) is 75.9 Å². The molecule has 202 valence electrons. The lowest BCUT2D eigenvalue weighted by Gasteiger charge is -2.36. The molecule has 1 aliphatic heterocycles. The monoisotopic (exact) mass is 517 g/mol. The normalized spacial score (nSPS) is 22.7. The third-order valence-corrected chi connectivity index (χ3v) is 8.26. The lowest BCUT2D eigenvalue weighted by Crippen LogP contribution is -2.39. The molecule has 0 spiro atoms. The Morgan fingerprint density at radius 2 is 1.74 bits per heavy atom. The minimum atomic E-state index is -0.810. The van der Waals surface area contributed by atoms with E-state index in [4.69, 9.17) is 0 Å². The number of hydrogen-bond donors (Lipinski definition) is 3. The van der Waals surface area contributed by atoms with Crippen LogP contribution in [0.15, 0.2) is 59.2 Å². The summed E-state index contributed by atoms with van der Waals surface area (Å²) in [4.78, 5) is 28.2. The number of benzene rings is 2. The fraction of sp³-hybridized carbons (Fsp3) is 0.438. The van der Waals surface area contributed by atoms with Crippen LogP contribution in [0.3, 0.4) is 0 Å². The topological polar surface area (TPSA) is 98.1 Å². The first-order valence-corrected chi connectivity index (χ1v) is 13.6. The predicted octanol–water partition coefficient (Wildman–Crippen LogP) is 5.47. The molecule has 6 heteroatoms. The fourth-order valence-corrected chi connectivity index (χ4v) is 6.27. The molecule has 0 radical (unpaired) electrons. The molecule has 2 aliphatic rings. The summed E-state index contributed by atoms with van der Waals surface area (Å²) in [5.41, 5.74) is 6.09. The van der Waals surface area contributed by atoms with E-state index in [1.54, 1.807) is 24.3 Å². The maximum Gasteiger partial charge on any atom is 0.238 e. The summed E-state index contributed by atoms with van der Waals surface area (Å²) in [6, 6.07) is 12.8. The van der Waals surface area contributed by atoms with Gasteiger partial charge in [0.25, 0.3) is 0 Å². The number of rotatable bonds is 9. The van der Waals surface area contributed by atoms with Crippen LogP contribution in [0.2, 0.25) is 0 Å². The van der Waals surface area contributed by atoms with Crippen molar-refractivity contribution >= 4 is 23.6 Å². The smallest absolute Gasteiger partial charge is 0.238 e. The summed E-state index contributed by atoms with van der Waals surface area (Å²) in [6.45, 7) is 7.55. The zero-order valence-electron chi connectivity index (χ0n) is 22.8. The number of fused-ring (bicyclic) bond motifs is 1. The molecule has 0 bridgehead atoms. The number of aryl methyl sites for hydroxylation is 2. The first-order chi connectivity index (χ1) is 18.2. The maximum atomic E-state index is 13.5. The third-order valence-electron chi connectivity index (χ3n) is 8.26. The van der Waals surface area contributed by atoms with Crippen molar-refractivity contribution in [1.29, 1.82) is 0 Å². The lowest BCUT2D eigenvalue weighted by molar-refractivity contribution is -0.123. The number of carbonyl (C=O) groups is 2. The van der Waals surface area contributed by atoms with E-state index in [0.717, 1.165) is 34.3 Å². The minimum absolute atomic E-state index is 0.222. The number of allylic oxidation sites excluding steroid dienone is 2. The van der Waals surface area contributed by atoms with Crippen molar-refractivity contribution in [3.8, 4) is 5.75 Å². The molecule has 4 rings (SSSR count). The number of nitrogens with zero attached hydrogens (tertiary/aromatic N) is 1. The first kappa shape index (κ1) is 27.8. The van der Waals surface area contributed by atoms with Gasteiger partial charge in [-0.1, -0.05) is 49.3 Å². The molecule has 6 nitrogen and oxygen atoms in total. The Kier molecular flexibility index (Phi) is 8.54. The standard InChI is InChI=1S/C32H39NO5/c1-5-21(16-22-14-19(3)30(36)20(4)15-22)12-13-27(35)28-23(6-2)17-25-29(26(28)18-34)32(38)33(31(25)37)24-10-8-7-9-11-24/h7-11,14-16,25-27,29,34-36H,5-6,12-13,17-18H2,1-4H3/b21-16+/t25-,26+,27-,29-/m1/s1. The second-order valence-corrected chi connectivity index (χ2v) is 10.6. The van der Waals surface area contributed by atoms with Gasteiger partial charge in [-0.05, 0) is 92.5 Å². The molecular formula is C32H39NO5. The van der Waals surface area contributed by atoms with Crippen molar-refractivity contribution in [2.24, 2.45) is 17.8 Å². The van der Waals surface area contributed by atoms with Crippen LogP contribution in [0, 0.1) is 31.6 Å². The van der Waals surface area contributed by atoms with E-state index in [1.165, 1.54) is 10.5 Å². The Morgan fingerprint density at radius 1 is 1.08 bits per heavy atom. The Bertz CT molecular complexity index is 1240. The maximum absolute atomic E-state index is 13.5. The van der Waals surface area contributed by atoms with Gasteiger partial charge in [0.15, 0.2) is 0 Å². The highest BCUT2D eigenvalue weighted by atomic mass is 16.3. The molecule has 2 aromatic carbocycles. The van der Waals surface area contributed by atoms with E-state index in [0.29, 0.717) is 37.1 Å². The van der Waals surface area contributed by atoms with E-state index in [-0.39, 0.29) is 18.4 Å². The average Bonchev–Trinajstić information content (AvgIpc) is 3.17. The van der Waals surface area contributed by atoms with E-state index in [1.807, 2.05) is 39.0 Å². The summed E-state index contributed by atoms with van der Waals surface area (Å²) in [5, 5.41) is 32.0. The number of para-hydroxylation sites is 1. The summed E-state index contributed by atoms with van der Waals surface area (Å²) >= 11 is 0. The molecule has 1 fully saturated rings. The highest BCUT2D eigenvalue weighted by Gasteiger charge is 2.55. The molecule has 0 saturated carbocycles. The van der Waals surface area contributed by atoms with Gasteiger partial charge in [-0.15, -0.1) is 0 Å². The van der Waals surface area contributed by atoms with E-state index in [2.05, 4.69) is 13.0 Å². The second-order valence-electron chi connectivity index (χ2n) is 10.6. The highest BCUT2D eigenvalue weighted by molar-refractivity contribution is 6.22. The molecule has 38 heavy (non-hydrogen) atoms. The Balaban J connectivity index is 1.57. The largest absolute Gasteiger partial charge is 0.507 e. The Morgan fingerprint density at radius 3 is 2.32 bits per heavy atom. The summed E-state index contributed by atoms with van der Waals surface area (Å²) < 4.78 is 0. The van der Waals surface area contributed by atoms with Crippen molar-refractivity contribution in [1.82, 2.24) is 0 Å². The van der Waals surface area contributed by atoms with Gasteiger partial charge in [-0.3, -0.25) is 14.5 Å². The van der Waals surface area contributed by atoms with Crippen LogP contribution in [0.25, 0.3) is 6.08 Å². The van der Waals surface area contributed by atoms with Gasteiger partial charge in [-0.2, -0.15) is 0 Å². The van der Waals surface area contributed by atoms with Gasteiger partial charge in [0.2, 0.25) is 11.8 Å². The second kappa shape index (κ2) is 11.7. The fourth-order valence-electron chi connectivity index (χ4n) is 6.27. The molecule has 3 N–H and O–H groups in total.